The molecule has 210 valence electrons. The van der Waals surface area contributed by atoms with Gasteiger partial charge in [-0.15, -0.1) is 0 Å². The zero-order chi connectivity index (χ0) is 28.3. The van der Waals surface area contributed by atoms with E-state index >= 15 is 0 Å². The molecule has 2 aliphatic rings. The number of rotatable bonds is 7. The first kappa shape index (κ1) is 28.5. The van der Waals surface area contributed by atoms with E-state index in [0.717, 1.165) is 67.1 Å². The highest BCUT2D eigenvalue weighted by molar-refractivity contribution is 6.02. The second-order valence-corrected chi connectivity index (χ2v) is 10.4. The molecule has 1 fully saturated rings. The van der Waals surface area contributed by atoms with Gasteiger partial charge in [0.05, 0.1) is 23.1 Å². The number of benzene rings is 1. The van der Waals surface area contributed by atoms with E-state index in [4.69, 9.17) is 20.0 Å². The molecule has 0 saturated heterocycles. The summed E-state index contributed by atoms with van der Waals surface area (Å²) in [4.78, 5) is 32.4. The van der Waals surface area contributed by atoms with Gasteiger partial charge in [-0.1, -0.05) is 37.3 Å². The highest BCUT2D eigenvalue weighted by atomic mass is 19.4. The summed E-state index contributed by atoms with van der Waals surface area (Å²) in [6.07, 6.45) is 1.06. The van der Waals surface area contributed by atoms with Crippen LogP contribution >= 0.6 is 0 Å². The number of alkyl halides is 3. The van der Waals surface area contributed by atoms with E-state index < -0.39 is 12.1 Å². The average molecular weight is 546 g/mol. The van der Waals surface area contributed by atoms with Crippen LogP contribution in [0.3, 0.4) is 0 Å². The highest BCUT2D eigenvalue weighted by Crippen LogP contribution is 2.33. The number of hydrogen-bond donors (Lipinski definition) is 1. The highest BCUT2D eigenvalue weighted by Gasteiger charge is 2.38. The molecule has 1 N–H and O–H groups in total. The topological polar surface area (TPSA) is 91.0 Å². The summed E-state index contributed by atoms with van der Waals surface area (Å²) in [6, 6.07) is 10.6. The molecule has 8 nitrogen and oxygen atoms in total. The first-order valence-electron chi connectivity index (χ1n) is 13.3. The number of carboxylic acid groups (broad SMARTS) is 1. The molecule has 0 bridgehead atoms. The Balaban J connectivity index is 0.000000448. The number of halogens is 3. The number of aromatic nitrogens is 3. The molecule has 1 amide bonds. The van der Waals surface area contributed by atoms with Crippen molar-refractivity contribution in [2.75, 3.05) is 19.6 Å². The molecule has 3 heterocycles. The Kier molecular flexibility index (Phi) is 8.58. The van der Waals surface area contributed by atoms with Gasteiger partial charge in [0, 0.05) is 37.8 Å². The third-order valence-corrected chi connectivity index (χ3v) is 7.07. The van der Waals surface area contributed by atoms with Crippen LogP contribution in [0.25, 0.3) is 16.9 Å². The smallest absolute Gasteiger partial charge is 0.475 e. The Bertz CT molecular complexity index is 1320. The van der Waals surface area contributed by atoms with Crippen LogP contribution in [-0.2, 0) is 17.8 Å². The molecule has 0 spiro atoms. The molecule has 1 aromatic carbocycles. The predicted octanol–water partition coefficient (Wildman–Crippen LogP) is 5.06. The van der Waals surface area contributed by atoms with Crippen LogP contribution in [0.4, 0.5) is 13.2 Å². The zero-order valence-corrected chi connectivity index (χ0v) is 22.4. The van der Waals surface area contributed by atoms with Crippen LogP contribution in [0.2, 0.25) is 0 Å². The molecule has 5 rings (SSSR count). The van der Waals surface area contributed by atoms with Gasteiger partial charge in [0.1, 0.15) is 0 Å². The van der Waals surface area contributed by atoms with Gasteiger partial charge in [-0.25, -0.2) is 14.3 Å². The molecular formula is C28H34F3N5O3. The van der Waals surface area contributed by atoms with Crippen molar-refractivity contribution in [2.24, 2.45) is 5.92 Å². The molecule has 1 aliphatic heterocycles. The molecule has 0 radical (unpaired) electrons. The summed E-state index contributed by atoms with van der Waals surface area (Å²) in [7, 11) is 0. The molecule has 39 heavy (non-hydrogen) atoms. The number of nitrogens with zero attached hydrogens (tertiary/aromatic N) is 5. The van der Waals surface area contributed by atoms with Gasteiger partial charge in [0.2, 0.25) is 0 Å². The van der Waals surface area contributed by atoms with Crippen LogP contribution in [0.1, 0.15) is 61.6 Å². The van der Waals surface area contributed by atoms with Crippen LogP contribution in [0, 0.1) is 5.92 Å². The monoisotopic (exact) mass is 545 g/mol. The molecule has 11 heteroatoms. The van der Waals surface area contributed by atoms with Crippen molar-refractivity contribution in [1.29, 1.82) is 0 Å². The van der Waals surface area contributed by atoms with Gasteiger partial charge >= 0.3 is 12.1 Å². The Hall–Kier alpha value is -3.47. The fourth-order valence-corrected chi connectivity index (χ4v) is 4.81. The molecule has 2 aromatic heterocycles. The Labute approximate surface area is 225 Å². The lowest BCUT2D eigenvalue weighted by Gasteiger charge is -2.31. The van der Waals surface area contributed by atoms with Gasteiger partial charge < -0.3 is 10.0 Å². The maximum absolute atomic E-state index is 13.9. The number of fused-ring (bicyclic) bond motifs is 3. The number of amides is 1. The van der Waals surface area contributed by atoms with E-state index in [-0.39, 0.29) is 5.91 Å². The van der Waals surface area contributed by atoms with Gasteiger partial charge in [-0.05, 0) is 51.0 Å². The van der Waals surface area contributed by atoms with Gasteiger partial charge in [0.15, 0.2) is 5.65 Å². The third-order valence-electron chi connectivity index (χ3n) is 7.07. The Morgan fingerprint density at radius 1 is 1.18 bits per heavy atom. The summed E-state index contributed by atoms with van der Waals surface area (Å²) >= 11 is 0. The minimum Gasteiger partial charge on any atom is -0.475 e. The van der Waals surface area contributed by atoms with Crippen LogP contribution in [0.5, 0.6) is 0 Å². The molecular weight excluding hydrogens is 511 g/mol. The fourth-order valence-electron chi connectivity index (χ4n) is 4.81. The number of carboxylic acids is 1. The number of hydrogen-bond acceptors (Lipinski definition) is 5. The first-order chi connectivity index (χ1) is 18.5. The maximum atomic E-state index is 13.9. The minimum atomic E-state index is -5.08. The predicted molar refractivity (Wildman–Crippen MR) is 140 cm³/mol. The largest absolute Gasteiger partial charge is 0.490 e. The quantitative estimate of drug-likeness (QED) is 0.447. The number of carbonyl (C=O) groups is 2. The maximum Gasteiger partial charge on any atom is 0.490 e. The van der Waals surface area contributed by atoms with E-state index in [9.17, 15) is 18.0 Å². The number of aliphatic carboxylic acids is 1. The number of carbonyl (C=O) groups excluding carboxylic acids is 1. The van der Waals surface area contributed by atoms with Crippen molar-refractivity contribution >= 4 is 17.5 Å². The van der Waals surface area contributed by atoms with Crippen molar-refractivity contribution in [2.45, 2.75) is 65.2 Å². The second-order valence-electron chi connectivity index (χ2n) is 10.4. The molecule has 0 unspecified atom stereocenters. The van der Waals surface area contributed by atoms with E-state index in [0.29, 0.717) is 17.6 Å². The summed E-state index contributed by atoms with van der Waals surface area (Å²) in [5.41, 5.74) is 5.60. The molecule has 1 saturated carbocycles. The second kappa shape index (κ2) is 11.7. The van der Waals surface area contributed by atoms with Crippen molar-refractivity contribution in [3.05, 3.63) is 53.3 Å². The van der Waals surface area contributed by atoms with E-state index in [1.807, 2.05) is 41.0 Å². The van der Waals surface area contributed by atoms with Crippen molar-refractivity contribution in [3.63, 3.8) is 0 Å². The van der Waals surface area contributed by atoms with Crippen molar-refractivity contribution < 1.29 is 27.9 Å². The summed E-state index contributed by atoms with van der Waals surface area (Å²) in [6.45, 7) is 10.0. The minimum absolute atomic E-state index is 0.134. The fraction of sp³-hybridized carbons (Fsp3) is 0.500. The van der Waals surface area contributed by atoms with Gasteiger partial charge in [-0.3, -0.25) is 9.69 Å². The van der Waals surface area contributed by atoms with Crippen LogP contribution < -0.4 is 0 Å². The first-order valence-corrected chi connectivity index (χ1v) is 13.3. The van der Waals surface area contributed by atoms with Crippen molar-refractivity contribution in [3.8, 4) is 11.3 Å². The van der Waals surface area contributed by atoms with Crippen molar-refractivity contribution in [1.82, 2.24) is 24.4 Å². The normalized spacial score (nSPS) is 15.6. The molecule has 3 aromatic rings. The summed E-state index contributed by atoms with van der Waals surface area (Å²) in [5, 5.41) is 11.9. The SMILES string of the molecule is CCCN(CC1CC1)C(=O)c1c2c(n3ncc(-c4ccccc4)nc13)CN(C(C)C)CC2.O=C(O)C(F)(F)F. The summed E-state index contributed by atoms with van der Waals surface area (Å²) < 4.78 is 33.7. The van der Waals surface area contributed by atoms with E-state index in [1.54, 1.807) is 0 Å². The zero-order valence-electron chi connectivity index (χ0n) is 22.4. The van der Waals surface area contributed by atoms with E-state index in [1.165, 1.54) is 12.8 Å². The third kappa shape index (κ3) is 6.58. The van der Waals surface area contributed by atoms with Crippen LogP contribution in [-0.4, -0.2) is 73.2 Å². The Morgan fingerprint density at radius 3 is 2.41 bits per heavy atom. The lowest BCUT2D eigenvalue weighted by molar-refractivity contribution is -0.192. The Morgan fingerprint density at radius 2 is 1.85 bits per heavy atom. The lowest BCUT2D eigenvalue weighted by atomic mass is 10.0. The van der Waals surface area contributed by atoms with Gasteiger partial charge in [0.25, 0.3) is 5.91 Å². The summed E-state index contributed by atoms with van der Waals surface area (Å²) in [5.74, 6) is -1.96. The standard InChI is InChI=1S/C26H33N5O.C2HF3O2/c1-4-13-30(16-19-10-11-19)26(32)24-21-12-14-29(18(2)3)17-23(21)31-25(24)28-22(15-27-31)20-8-6-5-7-9-20;3-2(4,5)1(6)7/h5-9,15,18-19H,4,10-14,16-17H2,1-3H3;(H,6,7). The lowest BCUT2D eigenvalue weighted by Crippen LogP contribution is -2.37. The van der Waals surface area contributed by atoms with Gasteiger partial charge in [-0.2, -0.15) is 18.3 Å². The molecule has 1 aliphatic carbocycles. The van der Waals surface area contributed by atoms with E-state index in [2.05, 4.69) is 30.6 Å². The molecule has 0 atom stereocenters. The van der Waals surface area contributed by atoms with Crippen LogP contribution in [0.15, 0.2) is 36.5 Å². The average Bonchev–Trinajstić information content (AvgIpc) is 3.67.